The van der Waals surface area contributed by atoms with Crippen molar-refractivity contribution in [3.05, 3.63) is 48.2 Å². The highest BCUT2D eigenvalue weighted by Crippen LogP contribution is 2.34. The van der Waals surface area contributed by atoms with Crippen LogP contribution >= 0.6 is 0 Å². The summed E-state index contributed by atoms with van der Waals surface area (Å²) in [5.74, 6) is -1.06. The van der Waals surface area contributed by atoms with Crippen LogP contribution in [0.15, 0.2) is 42.6 Å². The molecule has 0 fully saturated rings. The first-order chi connectivity index (χ1) is 15.5. The number of anilines is 1. The van der Waals surface area contributed by atoms with Crippen molar-refractivity contribution in [2.45, 2.75) is 25.7 Å². The SMILES string of the molecule is NCCCCCCNc1nc2c(C(=O)O)cccc2n2c(-c3ccc(O)c(O)c3)cnc12. The number of aromatic hydroxyl groups is 2. The summed E-state index contributed by atoms with van der Waals surface area (Å²) in [5.41, 5.74) is 8.34. The fourth-order valence-corrected chi connectivity index (χ4v) is 3.76. The minimum absolute atomic E-state index is 0.0867. The van der Waals surface area contributed by atoms with Gasteiger partial charge in [0.15, 0.2) is 23.0 Å². The number of benzene rings is 2. The highest BCUT2D eigenvalue weighted by Gasteiger charge is 2.19. The van der Waals surface area contributed by atoms with Gasteiger partial charge in [0.1, 0.15) is 5.52 Å². The minimum Gasteiger partial charge on any atom is -0.504 e. The molecule has 0 radical (unpaired) electrons. The van der Waals surface area contributed by atoms with E-state index in [0.29, 0.717) is 46.8 Å². The Morgan fingerprint density at radius 1 is 1.06 bits per heavy atom. The molecule has 0 bridgehead atoms. The van der Waals surface area contributed by atoms with Crippen molar-refractivity contribution in [2.75, 3.05) is 18.4 Å². The van der Waals surface area contributed by atoms with Crippen molar-refractivity contribution < 1.29 is 20.1 Å². The molecular weight excluding hydrogens is 410 g/mol. The predicted molar refractivity (Wildman–Crippen MR) is 122 cm³/mol. The summed E-state index contributed by atoms with van der Waals surface area (Å²) in [6.45, 7) is 1.35. The first-order valence-electron chi connectivity index (χ1n) is 10.5. The minimum atomic E-state index is -1.07. The molecule has 2 heterocycles. The van der Waals surface area contributed by atoms with Crippen molar-refractivity contribution in [3.8, 4) is 22.8 Å². The maximum Gasteiger partial charge on any atom is 0.337 e. The Balaban J connectivity index is 1.84. The summed E-state index contributed by atoms with van der Waals surface area (Å²) < 4.78 is 1.82. The molecule has 32 heavy (non-hydrogen) atoms. The van der Waals surface area contributed by atoms with Crippen LogP contribution in [0.25, 0.3) is 27.9 Å². The Bertz CT molecular complexity index is 1280. The number of carboxylic acid groups (broad SMARTS) is 1. The summed E-state index contributed by atoms with van der Waals surface area (Å²) in [4.78, 5) is 21.0. The molecular formula is C23H25N5O4. The van der Waals surface area contributed by atoms with E-state index < -0.39 is 5.97 Å². The van der Waals surface area contributed by atoms with Gasteiger partial charge in [0.2, 0.25) is 0 Å². The summed E-state index contributed by atoms with van der Waals surface area (Å²) in [6, 6.07) is 9.46. The van der Waals surface area contributed by atoms with Crippen LogP contribution in [0.4, 0.5) is 5.82 Å². The lowest BCUT2D eigenvalue weighted by Gasteiger charge is -2.13. The maximum absolute atomic E-state index is 11.8. The predicted octanol–water partition coefficient (Wildman–Crippen LogP) is 3.59. The third kappa shape index (κ3) is 4.02. The second-order valence-electron chi connectivity index (χ2n) is 7.57. The quantitative estimate of drug-likeness (QED) is 0.198. The van der Waals surface area contributed by atoms with Gasteiger partial charge in [-0.2, -0.15) is 0 Å². The lowest BCUT2D eigenvalue weighted by molar-refractivity contribution is 0.0699. The van der Waals surface area contributed by atoms with Gasteiger partial charge in [-0.25, -0.2) is 14.8 Å². The smallest absolute Gasteiger partial charge is 0.337 e. The molecule has 9 heteroatoms. The molecule has 0 unspecified atom stereocenters. The number of carboxylic acids is 1. The number of nitrogens with zero attached hydrogens (tertiary/aromatic N) is 3. The molecule has 2 aromatic carbocycles. The summed E-state index contributed by atoms with van der Waals surface area (Å²) in [5, 5.41) is 32.6. The fraction of sp³-hybridized carbons (Fsp3) is 0.261. The number of nitrogens with one attached hydrogen (secondary N) is 1. The van der Waals surface area contributed by atoms with Crippen LogP contribution in [0.5, 0.6) is 11.5 Å². The number of fused-ring (bicyclic) bond motifs is 3. The Morgan fingerprint density at radius 2 is 1.88 bits per heavy atom. The Labute approximate surface area is 184 Å². The van der Waals surface area contributed by atoms with Gasteiger partial charge >= 0.3 is 5.97 Å². The number of aromatic carboxylic acids is 1. The van der Waals surface area contributed by atoms with E-state index in [1.807, 2.05) is 4.40 Å². The summed E-state index contributed by atoms with van der Waals surface area (Å²) in [7, 11) is 0. The molecule has 166 valence electrons. The van der Waals surface area contributed by atoms with E-state index in [0.717, 1.165) is 25.7 Å². The molecule has 0 saturated carbocycles. The number of imidazole rings is 1. The highest BCUT2D eigenvalue weighted by atomic mass is 16.4. The number of aromatic nitrogens is 3. The van der Waals surface area contributed by atoms with E-state index in [2.05, 4.69) is 15.3 Å². The molecule has 2 aromatic heterocycles. The second kappa shape index (κ2) is 9.11. The summed E-state index contributed by atoms with van der Waals surface area (Å²) >= 11 is 0. The average molecular weight is 435 g/mol. The molecule has 9 nitrogen and oxygen atoms in total. The molecule has 0 aliphatic heterocycles. The number of rotatable bonds is 9. The van der Waals surface area contributed by atoms with Gasteiger partial charge in [-0.05, 0) is 49.7 Å². The van der Waals surface area contributed by atoms with Gasteiger partial charge < -0.3 is 26.4 Å². The van der Waals surface area contributed by atoms with Crippen molar-refractivity contribution in [1.82, 2.24) is 14.4 Å². The largest absolute Gasteiger partial charge is 0.504 e. The zero-order valence-corrected chi connectivity index (χ0v) is 17.5. The lowest BCUT2D eigenvalue weighted by Crippen LogP contribution is -2.09. The molecule has 4 rings (SSSR count). The first kappa shape index (κ1) is 21.4. The van der Waals surface area contributed by atoms with Gasteiger partial charge in [0, 0.05) is 12.1 Å². The van der Waals surface area contributed by atoms with E-state index in [1.54, 1.807) is 24.4 Å². The molecule has 0 atom stereocenters. The number of unbranched alkanes of at least 4 members (excludes halogenated alkanes) is 3. The topological polar surface area (TPSA) is 146 Å². The van der Waals surface area contributed by atoms with Crippen LogP contribution < -0.4 is 11.1 Å². The molecule has 0 spiro atoms. The number of phenolic OH excluding ortho intramolecular Hbond substituents is 2. The van der Waals surface area contributed by atoms with Gasteiger partial charge in [0.25, 0.3) is 0 Å². The van der Waals surface area contributed by atoms with Gasteiger partial charge in [-0.1, -0.05) is 18.9 Å². The number of para-hydroxylation sites is 1. The number of carbonyl (C=O) groups is 1. The van der Waals surface area contributed by atoms with Crippen LogP contribution in [0.2, 0.25) is 0 Å². The fourth-order valence-electron chi connectivity index (χ4n) is 3.76. The molecule has 0 aliphatic carbocycles. The molecule has 6 N–H and O–H groups in total. The first-order valence-corrected chi connectivity index (χ1v) is 10.5. The average Bonchev–Trinajstić information content (AvgIpc) is 3.23. The van der Waals surface area contributed by atoms with E-state index >= 15 is 0 Å². The molecule has 0 saturated heterocycles. The second-order valence-corrected chi connectivity index (χ2v) is 7.57. The normalized spacial score (nSPS) is 11.3. The Hall–Kier alpha value is -3.85. The standard InChI is InChI=1S/C23H25N5O4/c24-10-3-1-2-4-11-25-21-22-26-13-17(14-8-9-18(29)19(30)12-14)28(22)16-7-5-6-15(23(31)32)20(16)27-21/h5-9,12-13,29-30H,1-4,10-11,24H2,(H,25,27)(H,31,32). The van der Waals surface area contributed by atoms with E-state index in [4.69, 9.17) is 5.73 Å². The van der Waals surface area contributed by atoms with Gasteiger partial charge in [-0.3, -0.25) is 4.40 Å². The monoisotopic (exact) mass is 435 g/mol. The van der Waals surface area contributed by atoms with Crippen LogP contribution in [0.3, 0.4) is 0 Å². The van der Waals surface area contributed by atoms with Gasteiger partial charge in [0.05, 0.1) is 23.0 Å². The zero-order valence-electron chi connectivity index (χ0n) is 17.5. The van der Waals surface area contributed by atoms with Gasteiger partial charge in [-0.15, -0.1) is 0 Å². The van der Waals surface area contributed by atoms with Crippen molar-refractivity contribution >= 4 is 28.5 Å². The summed E-state index contributed by atoms with van der Waals surface area (Å²) in [6.07, 6.45) is 5.64. The van der Waals surface area contributed by atoms with E-state index in [9.17, 15) is 20.1 Å². The van der Waals surface area contributed by atoms with Crippen LogP contribution in [-0.4, -0.2) is 48.7 Å². The van der Waals surface area contributed by atoms with Crippen molar-refractivity contribution in [2.24, 2.45) is 5.73 Å². The van der Waals surface area contributed by atoms with Crippen molar-refractivity contribution in [1.29, 1.82) is 0 Å². The lowest BCUT2D eigenvalue weighted by atomic mass is 10.1. The Morgan fingerprint density at radius 3 is 2.62 bits per heavy atom. The zero-order chi connectivity index (χ0) is 22.7. The van der Waals surface area contributed by atoms with Crippen LogP contribution in [0, 0.1) is 0 Å². The number of phenols is 2. The van der Waals surface area contributed by atoms with Crippen LogP contribution in [-0.2, 0) is 0 Å². The third-order valence-electron chi connectivity index (χ3n) is 5.38. The molecule has 0 amide bonds. The third-order valence-corrected chi connectivity index (χ3v) is 5.38. The number of hydrogen-bond acceptors (Lipinski definition) is 7. The Kier molecular flexibility index (Phi) is 6.09. The van der Waals surface area contributed by atoms with Crippen molar-refractivity contribution in [3.63, 3.8) is 0 Å². The molecule has 0 aliphatic rings. The number of hydrogen-bond donors (Lipinski definition) is 5. The van der Waals surface area contributed by atoms with E-state index in [-0.39, 0.29) is 17.1 Å². The van der Waals surface area contributed by atoms with E-state index in [1.165, 1.54) is 18.2 Å². The number of nitrogens with two attached hydrogens (primary N) is 1. The highest BCUT2D eigenvalue weighted by molar-refractivity contribution is 6.02. The molecule has 4 aromatic rings. The van der Waals surface area contributed by atoms with Crippen LogP contribution in [0.1, 0.15) is 36.0 Å². The maximum atomic E-state index is 11.8.